The Morgan fingerprint density at radius 2 is 2.32 bits per heavy atom. The monoisotopic (exact) mass is 273 g/mol. The van der Waals surface area contributed by atoms with E-state index in [2.05, 4.69) is 27.4 Å². The number of nitrogens with zero attached hydrogens (tertiary/aromatic N) is 4. The molecule has 0 amide bonds. The molecule has 3 aromatic heterocycles. The largest absolute Gasteiger partial charge is 0.308 e. The van der Waals surface area contributed by atoms with Gasteiger partial charge in [-0.25, -0.2) is 4.98 Å². The molecule has 3 heterocycles. The molecule has 0 fully saturated rings. The fourth-order valence-corrected chi connectivity index (χ4v) is 2.67. The SMILES string of the molecule is CC(NCCc1nnc2ccccn12)c1nccs1. The van der Waals surface area contributed by atoms with Crippen LogP contribution < -0.4 is 5.32 Å². The van der Waals surface area contributed by atoms with Crippen LogP contribution in [0.25, 0.3) is 5.65 Å². The second kappa shape index (κ2) is 5.46. The van der Waals surface area contributed by atoms with Gasteiger partial charge in [-0.3, -0.25) is 4.40 Å². The normalized spacial score (nSPS) is 12.9. The number of nitrogens with one attached hydrogen (secondary N) is 1. The van der Waals surface area contributed by atoms with Crippen LogP contribution in [0, 0.1) is 0 Å². The average molecular weight is 273 g/mol. The van der Waals surface area contributed by atoms with Crippen molar-refractivity contribution in [3.8, 4) is 0 Å². The maximum atomic E-state index is 4.30. The molecule has 0 bridgehead atoms. The molecule has 1 atom stereocenters. The molecule has 0 aliphatic carbocycles. The molecule has 1 N–H and O–H groups in total. The Balaban J connectivity index is 1.61. The molecular formula is C13H15N5S. The molecule has 0 saturated carbocycles. The van der Waals surface area contributed by atoms with E-state index in [0.717, 1.165) is 29.4 Å². The van der Waals surface area contributed by atoms with E-state index in [4.69, 9.17) is 0 Å². The van der Waals surface area contributed by atoms with Gasteiger partial charge in [-0.05, 0) is 19.1 Å². The van der Waals surface area contributed by atoms with E-state index in [1.165, 1.54) is 0 Å². The van der Waals surface area contributed by atoms with Crippen LogP contribution >= 0.6 is 11.3 Å². The summed E-state index contributed by atoms with van der Waals surface area (Å²) in [4.78, 5) is 4.30. The number of fused-ring (bicyclic) bond motifs is 1. The van der Waals surface area contributed by atoms with Crippen molar-refractivity contribution < 1.29 is 0 Å². The molecule has 0 spiro atoms. The van der Waals surface area contributed by atoms with Crippen molar-refractivity contribution in [2.45, 2.75) is 19.4 Å². The van der Waals surface area contributed by atoms with Crippen molar-refractivity contribution in [2.75, 3.05) is 6.54 Å². The second-order valence-electron chi connectivity index (χ2n) is 4.34. The molecule has 98 valence electrons. The highest BCUT2D eigenvalue weighted by atomic mass is 32.1. The predicted molar refractivity (Wildman–Crippen MR) is 75.2 cm³/mol. The Kier molecular flexibility index (Phi) is 3.52. The van der Waals surface area contributed by atoms with Crippen LogP contribution in [-0.2, 0) is 6.42 Å². The van der Waals surface area contributed by atoms with Crippen LogP contribution in [0.15, 0.2) is 36.0 Å². The maximum absolute atomic E-state index is 4.30. The van der Waals surface area contributed by atoms with E-state index in [-0.39, 0.29) is 6.04 Å². The summed E-state index contributed by atoms with van der Waals surface area (Å²) in [6, 6.07) is 6.20. The Morgan fingerprint density at radius 1 is 1.37 bits per heavy atom. The number of pyridine rings is 1. The van der Waals surface area contributed by atoms with Gasteiger partial charge in [0.25, 0.3) is 0 Å². The maximum Gasteiger partial charge on any atom is 0.160 e. The van der Waals surface area contributed by atoms with E-state index in [0.29, 0.717) is 0 Å². The summed E-state index contributed by atoms with van der Waals surface area (Å²) in [6.45, 7) is 2.98. The third-order valence-electron chi connectivity index (χ3n) is 3.01. The van der Waals surface area contributed by atoms with Gasteiger partial charge in [0.15, 0.2) is 5.65 Å². The van der Waals surface area contributed by atoms with Gasteiger partial charge in [0.1, 0.15) is 10.8 Å². The molecule has 5 nitrogen and oxygen atoms in total. The van der Waals surface area contributed by atoms with E-state index in [9.17, 15) is 0 Å². The standard InChI is InChI=1S/C13H15N5S/c1-10(13-15-7-9-19-13)14-6-5-12-17-16-11-4-2-3-8-18(11)12/h2-4,7-10,14H,5-6H2,1H3. The highest BCUT2D eigenvalue weighted by Gasteiger charge is 2.08. The fourth-order valence-electron chi connectivity index (χ4n) is 2.00. The molecule has 3 aromatic rings. The van der Waals surface area contributed by atoms with Crippen LogP contribution in [0.5, 0.6) is 0 Å². The second-order valence-corrected chi connectivity index (χ2v) is 5.27. The van der Waals surface area contributed by atoms with Gasteiger partial charge < -0.3 is 5.32 Å². The summed E-state index contributed by atoms with van der Waals surface area (Å²) in [5, 5.41) is 14.9. The smallest absolute Gasteiger partial charge is 0.160 e. The van der Waals surface area contributed by atoms with Crippen molar-refractivity contribution in [3.05, 3.63) is 46.8 Å². The van der Waals surface area contributed by atoms with Gasteiger partial charge in [-0.15, -0.1) is 21.5 Å². The fraction of sp³-hybridized carbons (Fsp3) is 0.308. The van der Waals surface area contributed by atoms with E-state index >= 15 is 0 Å². The topological polar surface area (TPSA) is 55.1 Å². The summed E-state index contributed by atoms with van der Waals surface area (Å²) < 4.78 is 2.02. The van der Waals surface area contributed by atoms with Gasteiger partial charge in [-0.2, -0.15) is 0 Å². The van der Waals surface area contributed by atoms with Crippen molar-refractivity contribution in [1.29, 1.82) is 0 Å². The van der Waals surface area contributed by atoms with Crippen LogP contribution in [0.2, 0.25) is 0 Å². The van der Waals surface area contributed by atoms with Crippen molar-refractivity contribution in [2.24, 2.45) is 0 Å². The average Bonchev–Trinajstić information content (AvgIpc) is 3.08. The molecule has 0 saturated heterocycles. The van der Waals surface area contributed by atoms with Crippen LogP contribution in [-0.4, -0.2) is 26.1 Å². The summed E-state index contributed by atoms with van der Waals surface area (Å²) in [5.41, 5.74) is 0.894. The number of hydrogen-bond donors (Lipinski definition) is 1. The Morgan fingerprint density at radius 3 is 3.16 bits per heavy atom. The first-order valence-electron chi connectivity index (χ1n) is 6.26. The molecule has 6 heteroatoms. The minimum Gasteiger partial charge on any atom is -0.308 e. The summed E-state index contributed by atoms with van der Waals surface area (Å²) in [7, 11) is 0. The zero-order valence-electron chi connectivity index (χ0n) is 10.7. The first-order chi connectivity index (χ1) is 9.34. The zero-order chi connectivity index (χ0) is 13.1. The van der Waals surface area contributed by atoms with Crippen LogP contribution in [0.3, 0.4) is 0 Å². The lowest BCUT2D eigenvalue weighted by atomic mass is 10.3. The van der Waals surface area contributed by atoms with Crippen molar-refractivity contribution >= 4 is 17.0 Å². The molecular weight excluding hydrogens is 258 g/mol. The highest BCUT2D eigenvalue weighted by Crippen LogP contribution is 2.14. The summed E-state index contributed by atoms with van der Waals surface area (Å²) >= 11 is 1.67. The lowest BCUT2D eigenvalue weighted by Gasteiger charge is -2.10. The third kappa shape index (κ3) is 2.64. The molecule has 1 unspecified atom stereocenters. The number of aromatic nitrogens is 4. The molecule has 0 aromatic carbocycles. The summed E-state index contributed by atoms with van der Waals surface area (Å²) in [6.07, 6.45) is 4.68. The minimum absolute atomic E-state index is 0.277. The lowest BCUT2D eigenvalue weighted by Crippen LogP contribution is -2.21. The summed E-state index contributed by atoms with van der Waals surface area (Å²) in [5.74, 6) is 0.981. The zero-order valence-corrected chi connectivity index (χ0v) is 11.5. The van der Waals surface area contributed by atoms with Crippen molar-refractivity contribution in [1.82, 2.24) is 24.9 Å². The van der Waals surface area contributed by atoms with Crippen LogP contribution in [0.4, 0.5) is 0 Å². The quantitative estimate of drug-likeness (QED) is 0.773. The highest BCUT2D eigenvalue weighted by molar-refractivity contribution is 7.09. The van der Waals surface area contributed by atoms with Crippen molar-refractivity contribution in [3.63, 3.8) is 0 Å². The molecule has 0 aliphatic heterocycles. The first-order valence-corrected chi connectivity index (χ1v) is 7.14. The van der Waals surface area contributed by atoms with Gasteiger partial charge in [0.05, 0.1) is 6.04 Å². The predicted octanol–water partition coefficient (Wildman–Crippen LogP) is 2.08. The van der Waals surface area contributed by atoms with Gasteiger partial charge >= 0.3 is 0 Å². The molecule has 19 heavy (non-hydrogen) atoms. The molecule has 0 aliphatic rings. The number of hydrogen-bond acceptors (Lipinski definition) is 5. The van der Waals surface area contributed by atoms with Gasteiger partial charge in [-0.1, -0.05) is 6.07 Å². The van der Waals surface area contributed by atoms with Crippen LogP contribution in [0.1, 0.15) is 23.8 Å². The van der Waals surface area contributed by atoms with Gasteiger partial charge in [0.2, 0.25) is 0 Å². The molecule has 0 radical (unpaired) electrons. The minimum atomic E-state index is 0.277. The Labute approximate surface area is 115 Å². The van der Waals surface area contributed by atoms with Gasteiger partial charge in [0, 0.05) is 30.7 Å². The lowest BCUT2D eigenvalue weighted by molar-refractivity contribution is 0.566. The first kappa shape index (κ1) is 12.3. The number of rotatable bonds is 5. The van der Waals surface area contributed by atoms with E-state index in [1.807, 2.05) is 40.4 Å². The third-order valence-corrected chi connectivity index (χ3v) is 3.96. The molecule has 3 rings (SSSR count). The van der Waals surface area contributed by atoms with E-state index < -0.39 is 0 Å². The number of thiazole rings is 1. The Hall–Kier alpha value is -1.79. The Bertz CT molecular complexity index is 646. The van der Waals surface area contributed by atoms with E-state index in [1.54, 1.807) is 11.3 Å².